The molecule has 0 spiro atoms. The number of likely N-dealkylation sites (tertiary alicyclic amines) is 1. The zero-order chi connectivity index (χ0) is 37.0. The second kappa shape index (κ2) is 18.5. The molecule has 6 rings (SSSR count). The summed E-state index contributed by atoms with van der Waals surface area (Å²) >= 11 is 0. The van der Waals surface area contributed by atoms with E-state index in [1.807, 2.05) is 72.8 Å². The summed E-state index contributed by atoms with van der Waals surface area (Å²) in [4.78, 5) is 18.8. The summed E-state index contributed by atoms with van der Waals surface area (Å²) in [6.45, 7) is 9.25. The molecule has 7 nitrogen and oxygen atoms in total. The van der Waals surface area contributed by atoms with E-state index in [1.54, 1.807) is 13.2 Å². The quantitative estimate of drug-likeness (QED) is 0.0944. The number of rotatable bonds is 16. The Morgan fingerprint density at radius 3 is 2.13 bits per heavy atom. The minimum atomic E-state index is -0.219. The predicted molar refractivity (Wildman–Crippen MR) is 216 cm³/mol. The van der Waals surface area contributed by atoms with E-state index in [-0.39, 0.29) is 17.6 Å². The second-order valence-corrected chi connectivity index (χ2v) is 13.8. The van der Waals surface area contributed by atoms with E-state index in [4.69, 9.17) is 18.6 Å². The van der Waals surface area contributed by atoms with Crippen LogP contribution >= 0.6 is 0 Å². The largest absolute Gasteiger partial charge is 0.490 e. The molecule has 1 aromatic heterocycles. The van der Waals surface area contributed by atoms with Crippen molar-refractivity contribution in [3.63, 3.8) is 0 Å². The number of ether oxygens (including phenoxy) is 3. The van der Waals surface area contributed by atoms with Gasteiger partial charge in [0.1, 0.15) is 30.1 Å². The molecule has 0 atom stereocenters. The Balaban J connectivity index is 1.17. The molecule has 2 heterocycles. The highest BCUT2D eigenvalue weighted by molar-refractivity contribution is 5.92. The van der Waals surface area contributed by atoms with Crippen molar-refractivity contribution >= 4 is 16.7 Å². The molecule has 5 aromatic rings. The van der Waals surface area contributed by atoms with Crippen molar-refractivity contribution in [3.05, 3.63) is 142 Å². The molecule has 4 aromatic carbocycles. The van der Waals surface area contributed by atoms with E-state index in [1.165, 1.54) is 30.9 Å². The Kier molecular flexibility index (Phi) is 13.1. The normalized spacial score (nSPS) is 14.2. The van der Waals surface area contributed by atoms with Crippen LogP contribution in [0.4, 0.5) is 5.69 Å². The predicted octanol–water partition coefficient (Wildman–Crippen LogP) is 10.1. The van der Waals surface area contributed by atoms with E-state index in [2.05, 4.69) is 61.1 Å². The number of methoxy groups -OCH3 is 1. The maximum Gasteiger partial charge on any atom is 0.205 e. The smallest absolute Gasteiger partial charge is 0.205 e. The molecule has 1 saturated heterocycles. The molecule has 1 aliphatic heterocycles. The van der Waals surface area contributed by atoms with Crippen LogP contribution in [0.1, 0.15) is 50.7 Å². The van der Waals surface area contributed by atoms with E-state index in [0.717, 1.165) is 60.9 Å². The van der Waals surface area contributed by atoms with Crippen LogP contribution < -0.4 is 24.5 Å². The zero-order valence-electron chi connectivity index (χ0n) is 31.6. The van der Waals surface area contributed by atoms with Crippen molar-refractivity contribution in [1.29, 1.82) is 0 Å². The van der Waals surface area contributed by atoms with Gasteiger partial charge in [0, 0.05) is 43.5 Å². The van der Waals surface area contributed by atoms with Gasteiger partial charge in [-0.05, 0) is 92.6 Å². The van der Waals surface area contributed by atoms with Gasteiger partial charge in [-0.25, -0.2) is 0 Å². The van der Waals surface area contributed by atoms with Crippen molar-refractivity contribution in [2.45, 2.75) is 52.7 Å². The minimum absolute atomic E-state index is 0.219. The van der Waals surface area contributed by atoms with Crippen LogP contribution in [0.2, 0.25) is 0 Å². The summed E-state index contributed by atoms with van der Waals surface area (Å²) in [7, 11) is 3.71. The van der Waals surface area contributed by atoms with E-state index in [9.17, 15) is 4.79 Å². The molecule has 0 amide bonds. The van der Waals surface area contributed by atoms with Crippen molar-refractivity contribution < 1.29 is 18.6 Å². The van der Waals surface area contributed by atoms with Crippen LogP contribution in [-0.4, -0.2) is 45.2 Å². The van der Waals surface area contributed by atoms with E-state index < -0.39 is 0 Å². The summed E-state index contributed by atoms with van der Waals surface area (Å²) in [5, 5.41) is 0.312. The molecule has 0 radical (unpaired) electrons. The van der Waals surface area contributed by atoms with Crippen molar-refractivity contribution in [2.24, 2.45) is 5.92 Å². The van der Waals surface area contributed by atoms with Gasteiger partial charge >= 0.3 is 0 Å². The number of benzene rings is 4. The third-order valence-corrected chi connectivity index (χ3v) is 9.99. The van der Waals surface area contributed by atoms with Gasteiger partial charge in [0.05, 0.1) is 7.11 Å². The average molecular weight is 713 g/mol. The SMILES string of the molecule is C/C=C\C(=C/CC)CN1CCC(CCN(C)c2ccc(-c3cc(=O)c4c(OCc5ccccc5)cc(OCc5ccccc5)c(OC)c4o3)cc2)CC1. The molecule has 0 aliphatic carbocycles. The summed E-state index contributed by atoms with van der Waals surface area (Å²) in [6, 6.07) is 31.2. The molecule has 0 bridgehead atoms. The summed E-state index contributed by atoms with van der Waals surface area (Å²) < 4.78 is 24.9. The Bertz CT molecular complexity index is 2030. The van der Waals surface area contributed by atoms with Gasteiger partial charge in [-0.2, -0.15) is 0 Å². The molecular weight excluding hydrogens is 661 g/mol. The third kappa shape index (κ3) is 9.79. The number of fused-ring (bicyclic) bond motifs is 1. The van der Waals surface area contributed by atoms with Crippen LogP contribution in [0.3, 0.4) is 0 Å². The van der Waals surface area contributed by atoms with Gasteiger partial charge in [0.25, 0.3) is 0 Å². The highest BCUT2D eigenvalue weighted by Crippen LogP contribution is 2.42. The topological polar surface area (TPSA) is 64.4 Å². The number of hydrogen-bond donors (Lipinski definition) is 0. The molecule has 0 unspecified atom stereocenters. The highest BCUT2D eigenvalue weighted by Gasteiger charge is 2.23. The van der Waals surface area contributed by atoms with Gasteiger partial charge in [-0.1, -0.05) is 85.8 Å². The Morgan fingerprint density at radius 2 is 1.53 bits per heavy atom. The summed E-state index contributed by atoms with van der Waals surface area (Å²) in [6.07, 6.45) is 11.5. The molecule has 1 aliphatic rings. The number of nitrogens with zero attached hydrogens (tertiary/aromatic N) is 2. The second-order valence-electron chi connectivity index (χ2n) is 13.8. The molecule has 0 N–H and O–H groups in total. The lowest BCUT2D eigenvalue weighted by molar-refractivity contribution is 0.193. The number of anilines is 1. The zero-order valence-corrected chi connectivity index (χ0v) is 31.6. The van der Waals surface area contributed by atoms with Crippen LogP contribution in [0.25, 0.3) is 22.3 Å². The molecule has 7 heteroatoms. The van der Waals surface area contributed by atoms with Crippen molar-refractivity contribution in [1.82, 2.24) is 4.90 Å². The van der Waals surface area contributed by atoms with Gasteiger partial charge < -0.3 is 23.5 Å². The fourth-order valence-corrected chi connectivity index (χ4v) is 7.02. The first-order chi connectivity index (χ1) is 25.9. The van der Waals surface area contributed by atoms with Crippen LogP contribution in [-0.2, 0) is 13.2 Å². The minimum Gasteiger partial charge on any atom is -0.490 e. The number of allylic oxidation sites excluding steroid dienone is 2. The maximum atomic E-state index is 13.9. The fraction of sp³-hybridized carbons (Fsp3) is 0.326. The fourth-order valence-electron chi connectivity index (χ4n) is 7.02. The highest BCUT2D eigenvalue weighted by atomic mass is 16.5. The van der Waals surface area contributed by atoms with E-state index in [0.29, 0.717) is 35.0 Å². The lowest BCUT2D eigenvalue weighted by Crippen LogP contribution is -2.36. The summed E-state index contributed by atoms with van der Waals surface area (Å²) in [5.41, 5.74) is 5.40. The standard InChI is InChI=1S/C46H52N2O5/c1-5-13-35(14-6-2)31-48-27-24-34(25-28-48)23-26-47(3)39-21-19-38(20-22-39)41-29-40(49)44-42(51-32-36-15-9-7-10-16-36)30-43(45(50-4)46(44)53-41)52-33-37-17-11-8-12-18-37/h5,7-22,29-30,34H,6,23-28,31-33H2,1-4H3/b13-5-,35-14+. The Hall–Kier alpha value is -5.27. The van der Waals surface area contributed by atoms with Gasteiger partial charge in [0.2, 0.25) is 5.75 Å². The first-order valence-corrected chi connectivity index (χ1v) is 18.8. The van der Waals surface area contributed by atoms with Gasteiger partial charge in [0.15, 0.2) is 16.8 Å². The van der Waals surface area contributed by atoms with Crippen LogP contribution in [0, 0.1) is 5.92 Å². The lowest BCUT2D eigenvalue weighted by atomic mass is 9.93. The molecular formula is C46H52N2O5. The Morgan fingerprint density at radius 1 is 0.887 bits per heavy atom. The number of hydrogen-bond acceptors (Lipinski definition) is 7. The average Bonchev–Trinajstić information content (AvgIpc) is 3.19. The molecule has 53 heavy (non-hydrogen) atoms. The van der Waals surface area contributed by atoms with Crippen LogP contribution in [0.15, 0.2) is 130 Å². The molecule has 0 saturated carbocycles. The van der Waals surface area contributed by atoms with Gasteiger partial charge in [-0.15, -0.1) is 0 Å². The summed E-state index contributed by atoms with van der Waals surface area (Å²) in [5.74, 6) is 2.34. The number of piperidine rings is 1. The molecule has 1 fully saturated rings. The van der Waals surface area contributed by atoms with Crippen molar-refractivity contribution in [3.8, 4) is 28.6 Å². The van der Waals surface area contributed by atoms with Crippen molar-refractivity contribution in [2.75, 3.05) is 45.2 Å². The first kappa shape index (κ1) is 37.5. The van der Waals surface area contributed by atoms with Crippen LogP contribution in [0.5, 0.6) is 17.2 Å². The van der Waals surface area contributed by atoms with Gasteiger partial charge in [-0.3, -0.25) is 9.69 Å². The lowest BCUT2D eigenvalue weighted by Gasteiger charge is -2.33. The monoisotopic (exact) mass is 712 g/mol. The van der Waals surface area contributed by atoms with E-state index >= 15 is 0 Å². The first-order valence-electron chi connectivity index (χ1n) is 18.8. The Labute approximate surface area is 314 Å². The molecule has 276 valence electrons. The third-order valence-electron chi connectivity index (χ3n) is 9.99. The maximum absolute atomic E-state index is 13.9.